The van der Waals surface area contributed by atoms with E-state index in [0.717, 1.165) is 61.0 Å². The Bertz CT molecular complexity index is 2710. The van der Waals surface area contributed by atoms with Gasteiger partial charge >= 0.3 is 41.8 Å². The molecule has 25 nitrogen and oxygen atoms in total. The minimum atomic E-state index is -1.35. The van der Waals surface area contributed by atoms with Crippen LogP contribution in [0, 0.1) is 0 Å². The molecule has 0 radical (unpaired) electrons. The van der Waals surface area contributed by atoms with Crippen molar-refractivity contribution in [3.63, 3.8) is 0 Å². The molecule has 0 fully saturated rings. The zero-order valence-electron chi connectivity index (χ0n) is 39.5. The van der Waals surface area contributed by atoms with Gasteiger partial charge in [-0.2, -0.15) is 0 Å². The van der Waals surface area contributed by atoms with Gasteiger partial charge in [0, 0.05) is 51.7 Å². The molecule has 2 aromatic carbocycles. The average Bonchev–Trinajstić information content (AvgIpc) is 4.03. The number of aromatic nitrogens is 4. The van der Waals surface area contributed by atoms with Crippen molar-refractivity contribution in [1.82, 2.24) is 30.2 Å². The highest BCUT2D eigenvalue weighted by Crippen LogP contribution is 2.30. The Hall–Kier alpha value is -7.42. The summed E-state index contributed by atoms with van der Waals surface area (Å²) in [4.78, 5) is 119. The molecule has 0 spiro atoms. The Morgan fingerprint density at radius 1 is 0.577 bits per heavy atom. The van der Waals surface area contributed by atoms with E-state index in [9.17, 15) is 38.4 Å². The van der Waals surface area contributed by atoms with Crippen molar-refractivity contribution in [3.8, 4) is 0 Å². The third-order valence-corrected chi connectivity index (χ3v) is 10.9. The maximum Gasteiger partial charge on any atom is 0.347 e. The topological polar surface area (TPSA) is 328 Å². The van der Waals surface area contributed by atoms with Crippen molar-refractivity contribution in [2.45, 2.75) is 92.0 Å². The number of aliphatic imine (C=N–C) groups is 2. The molecular weight excluding hydrogens is 1070 g/mol. The van der Waals surface area contributed by atoms with Crippen LogP contribution in [0.3, 0.4) is 0 Å². The summed E-state index contributed by atoms with van der Waals surface area (Å²) in [6, 6.07) is 7.46. The number of anilines is 2. The van der Waals surface area contributed by atoms with Gasteiger partial charge in [-0.1, -0.05) is 0 Å². The molecular formula is C44H50Br2N10O15. The number of esters is 6. The molecule has 0 unspecified atom stereocenters. The van der Waals surface area contributed by atoms with Gasteiger partial charge in [-0.05, 0) is 97.7 Å². The summed E-state index contributed by atoms with van der Waals surface area (Å²) in [5, 5.41) is 18.0. The Balaban J connectivity index is 0.000000255. The lowest BCUT2D eigenvalue weighted by molar-refractivity contribution is -0.180. The molecule has 2 aliphatic heterocycles. The zero-order chi connectivity index (χ0) is 52.5. The van der Waals surface area contributed by atoms with Gasteiger partial charge in [-0.25, -0.2) is 24.0 Å². The molecule has 4 aromatic rings. The number of hydrogen-bond donors (Lipinski definition) is 4. The number of fused-ring (bicyclic) bond motifs is 2. The maximum absolute atomic E-state index is 13.0. The Labute approximate surface area is 422 Å². The van der Waals surface area contributed by atoms with Gasteiger partial charge in [-0.3, -0.25) is 49.2 Å². The quantitative estimate of drug-likeness (QED) is 0.104. The largest absolute Gasteiger partial charge is 0.479 e. The first-order valence-electron chi connectivity index (χ1n) is 21.4. The Morgan fingerprint density at radius 2 is 1.00 bits per heavy atom. The SMILES string of the molecule is Brc1c(NC2=NCCN2)ccc2nccnc12.CC(=O)O[C@@H](C)C(=O)O[C@@H](C)C(=O)O[C@@H](C)C(=O)N1CCN=C1Nc1ccc2nccnc2c1Br.CC(=O)O[C@@H](C)C(=O)O[C@H](C)C(=O)O[C@H](C)C(=O)O. The van der Waals surface area contributed by atoms with Crippen LogP contribution in [-0.2, 0) is 66.8 Å². The molecule has 2 aliphatic rings. The lowest BCUT2D eigenvalue weighted by Crippen LogP contribution is -2.45. The second kappa shape index (κ2) is 26.5. The molecule has 71 heavy (non-hydrogen) atoms. The fraction of sp³-hybridized carbons (Fsp3) is 0.409. The minimum Gasteiger partial charge on any atom is -0.479 e. The smallest absolute Gasteiger partial charge is 0.347 e. The molecule has 2 aromatic heterocycles. The van der Waals surface area contributed by atoms with Crippen LogP contribution in [0.1, 0.15) is 55.4 Å². The summed E-state index contributed by atoms with van der Waals surface area (Å²) in [6.07, 6.45) is -0.944. The van der Waals surface area contributed by atoms with E-state index < -0.39 is 84.3 Å². The third kappa shape index (κ3) is 16.6. The standard InChI is InChI=1S/C22H24BrN5O7.C11H10BrN5.C11H16O8/c1-11(34-21(32)13(3)35-20(31)12(2)33-14(4)29)19(30)28-10-9-26-22(28)27-15-5-6-16-18(17(15)23)25-8-7-24-16;12-9-7(17-11-15-5-6-16-11)1-2-8-10(9)14-4-3-13-8;1-5(9(13)14)18-11(16)7(3)19-10(15)6(2)17-8(4)12/h5-8,11-13H,9-10H2,1-4H3,(H,26,27);1-4H,5-6H2,(H2,15,16,17);5-7H,1-4H3,(H,13,14)/t11-,12-,13-;;5-,6+,7-/m0.1/s1. The number of aliphatic carboxylic acids is 1. The number of ether oxygens (including phenoxy) is 6. The molecule has 27 heteroatoms. The second-order valence-corrected chi connectivity index (χ2v) is 16.5. The number of carboxylic acids is 1. The summed E-state index contributed by atoms with van der Waals surface area (Å²) in [5.41, 5.74) is 4.61. The van der Waals surface area contributed by atoms with Crippen molar-refractivity contribution in [2.75, 3.05) is 36.8 Å². The Kier molecular flexibility index (Phi) is 21.0. The van der Waals surface area contributed by atoms with Crippen LogP contribution < -0.4 is 16.0 Å². The van der Waals surface area contributed by atoms with E-state index in [-0.39, 0.29) is 5.96 Å². The lowest BCUT2D eigenvalue weighted by Gasteiger charge is -2.24. The fourth-order valence-electron chi connectivity index (χ4n) is 5.79. The number of carbonyl (C=O) groups excluding carboxylic acids is 7. The van der Waals surface area contributed by atoms with Gasteiger partial charge < -0.3 is 49.5 Å². The zero-order valence-corrected chi connectivity index (χ0v) is 42.6. The van der Waals surface area contributed by atoms with Crippen molar-refractivity contribution in [2.24, 2.45) is 9.98 Å². The predicted octanol–water partition coefficient (Wildman–Crippen LogP) is 3.47. The van der Waals surface area contributed by atoms with Crippen molar-refractivity contribution in [1.29, 1.82) is 0 Å². The van der Waals surface area contributed by atoms with E-state index in [1.807, 2.05) is 12.1 Å². The van der Waals surface area contributed by atoms with Gasteiger partial charge in [-0.15, -0.1) is 0 Å². The number of nitrogens with one attached hydrogen (secondary N) is 3. The number of carbonyl (C=O) groups is 8. The molecule has 4 N–H and O–H groups in total. The van der Waals surface area contributed by atoms with E-state index in [0.29, 0.717) is 34.3 Å². The van der Waals surface area contributed by atoms with Crippen LogP contribution in [0.15, 0.2) is 68.0 Å². The van der Waals surface area contributed by atoms with Crippen LogP contribution in [0.5, 0.6) is 0 Å². The van der Waals surface area contributed by atoms with E-state index in [1.54, 1.807) is 36.9 Å². The molecule has 4 heterocycles. The highest BCUT2D eigenvalue weighted by Gasteiger charge is 2.33. The molecule has 6 rings (SSSR count). The van der Waals surface area contributed by atoms with Crippen LogP contribution in [0.25, 0.3) is 22.1 Å². The number of amides is 1. The van der Waals surface area contributed by atoms with Crippen LogP contribution >= 0.6 is 31.9 Å². The molecule has 0 saturated heterocycles. The van der Waals surface area contributed by atoms with Gasteiger partial charge in [0.1, 0.15) is 11.0 Å². The molecule has 1 amide bonds. The normalized spacial score (nSPS) is 15.1. The summed E-state index contributed by atoms with van der Waals surface area (Å²) < 4.78 is 30.2. The van der Waals surface area contributed by atoms with Gasteiger partial charge in [0.25, 0.3) is 5.91 Å². The first-order valence-corrected chi connectivity index (χ1v) is 23.0. The number of nitrogens with zero attached hydrogens (tertiary/aromatic N) is 7. The predicted molar refractivity (Wildman–Crippen MR) is 258 cm³/mol. The number of guanidine groups is 2. The van der Waals surface area contributed by atoms with Gasteiger partial charge in [0.15, 0.2) is 42.6 Å². The number of benzene rings is 2. The number of rotatable bonds is 14. The highest BCUT2D eigenvalue weighted by atomic mass is 79.9. The molecule has 380 valence electrons. The molecule has 6 atom stereocenters. The molecule has 0 saturated carbocycles. The molecule has 0 bridgehead atoms. The first kappa shape index (κ1) is 56.2. The summed E-state index contributed by atoms with van der Waals surface area (Å²) in [7, 11) is 0. The van der Waals surface area contributed by atoms with Crippen LogP contribution in [-0.4, -0.2) is 152 Å². The van der Waals surface area contributed by atoms with Crippen LogP contribution in [0.4, 0.5) is 11.4 Å². The maximum atomic E-state index is 13.0. The van der Waals surface area contributed by atoms with Crippen molar-refractivity contribution >= 4 is 125 Å². The highest BCUT2D eigenvalue weighted by molar-refractivity contribution is 9.11. The lowest BCUT2D eigenvalue weighted by atomic mass is 10.2. The van der Waals surface area contributed by atoms with E-state index in [2.05, 4.69) is 91.9 Å². The summed E-state index contributed by atoms with van der Waals surface area (Å²) in [6.45, 7) is 12.3. The average molecular weight is 1120 g/mol. The van der Waals surface area contributed by atoms with Gasteiger partial charge in [0.2, 0.25) is 5.96 Å². The minimum absolute atomic E-state index is 0.288. The van der Waals surface area contributed by atoms with E-state index in [1.165, 1.54) is 39.5 Å². The fourth-order valence-corrected chi connectivity index (χ4v) is 6.86. The summed E-state index contributed by atoms with van der Waals surface area (Å²) >= 11 is 7.05. The number of carboxylic acid groups (broad SMARTS) is 1. The number of halogens is 2. The van der Waals surface area contributed by atoms with Gasteiger partial charge in [0.05, 0.1) is 44.4 Å². The first-order chi connectivity index (χ1) is 33.6. The Morgan fingerprint density at radius 3 is 1.44 bits per heavy atom. The van der Waals surface area contributed by atoms with Crippen molar-refractivity contribution < 1.29 is 71.9 Å². The van der Waals surface area contributed by atoms with Crippen molar-refractivity contribution in [3.05, 3.63) is 58.0 Å². The summed E-state index contributed by atoms with van der Waals surface area (Å²) in [5.74, 6) is -5.83. The monoisotopic (exact) mass is 1120 g/mol. The van der Waals surface area contributed by atoms with E-state index >= 15 is 0 Å². The third-order valence-electron chi connectivity index (χ3n) is 9.32. The molecule has 0 aliphatic carbocycles. The number of hydrogen-bond acceptors (Lipinski definition) is 23. The second-order valence-electron chi connectivity index (χ2n) is 15.0. The van der Waals surface area contributed by atoms with Crippen LogP contribution in [0.2, 0.25) is 0 Å². The van der Waals surface area contributed by atoms with E-state index in [4.69, 9.17) is 19.3 Å².